The second-order valence-electron chi connectivity index (χ2n) is 5.24. The minimum atomic E-state index is -1.54. The Morgan fingerprint density at radius 1 is 1.00 bits per heavy atom. The van der Waals surface area contributed by atoms with Gasteiger partial charge in [-0.3, -0.25) is 4.79 Å². The number of hydrogen-bond donors (Lipinski definition) is 4. The molecule has 0 saturated heterocycles. The van der Waals surface area contributed by atoms with Gasteiger partial charge in [0, 0.05) is 23.6 Å². The summed E-state index contributed by atoms with van der Waals surface area (Å²) in [6.45, 7) is 0. The SMILES string of the molecule is Nc1[nH]c(=O)c(C(=O)O)c(-c2cccc(-n3cccc3)c2)c1C(=O)O. The van der Waals surface area contributed by atoms with Gasteiger partial charge in [-0.15, -0.1) is 0 Å². The molecule has 25 heavy (non-hydrogen) atoms. The number of pyridine rings is 1. The Morgan fingerprint density at radius 2 is 1.64 bits per heavy atom. The molecule has 0 atom stereocenters. The van der Waals surface area contributed by atoms with Crippen molar-refractivity contribution in [2.75, 3.05) is 5.73 Å². The summed E-state index contributed by atoms with van der Waals surface area (Å²) < 4.78 is 1.76. The fraction of sp³-hybridized carbons (Fsp3) is 0. The van der Waals surface area contributed by atoms with E-state index in [4.69, 9.17) is 5.73 Å². The average Bonchev–Trinajstić information content (AvgIpc) is 3.07. The first-order chi connectivity index (χ1) is 11.9. The second kappa shape index (κ2) is 6.00. The summed E-state index contributed by atoms with van der Waals surface area (Å²) in [5, 5.41) is 18.9. The molecule has 0 aliphatic rings. The Hall–Kier alpha value is -3.81. The smallest absolute Gasteiger partial charge is 0.342 e. The molecule has 3 rings (SSSR count). The van der Waals surface area contributed by atoms with Gasteiger partial charge in [0.05, 0.1) is 0 Å². The molecule has 1 aromatic carbocycles. The summed E-state index contributed by atoms with van der Waals surface area (Å²) in [4.78, 5) is 37.3. The highest BCUT2D eigenvalue weighted by molar-refractivity contribution is 6.07. The van der Waals surface area contributed by atoms with E-state index in [0.29, 0.717) is 5.69 Å². The number of aromatic amines is 1. The molecule has 8 heteroatoms. The lowest BCUT2D eigenvalue weighted by atomic mass is 9.95. The maximum atomic E-state index is 12.0. The van der Waals surface area contributed by atoms with Crippen LogP contribution < -0.4 is 11.3 Å². The van der Waals surface area contributed by atoms with E-state index in [1.807, 2.05) is 12.1 Å². The van der Waals surface area contributed by atoms with Gasteiger partial charge in [0.25, 0.3) is 5.56 Å². The van der Waals surface area contributed by atoms with Gasteiger partial charge >= 0.3 is 11.9 Å². The summed E-state index contributed by atoms with van der Waals surface area (Å²) in [5.41, 5.74) is 4.25. The fourth-order valence-electron chi connectivity index (χ4n) is 2.66. The van der Waals surface area contributed by atoms with Crippen LogP contribution >= 0.6 is 0 Å². The van der Waals surface area contributed by atoms with Crippen LogP contribution in [0.25, 0.3) is 16.8 Å². The van der Waals surface area contributed by atoms with E-state index >= 15 is 0 Å². The second-order valence-corrected chi connectivity index (χ2v) is 5.24. The zero-order chi connectivity index (χ0) is 18.1. The van der Waals surface area contributed by atoms with Crippen LogP contribution in [0.5, 0.6) is 0 Å². The molecule has 0 fully saturated rings. The van der Waals surface area contributed by atoms with Crippen LogP contribution in [0.15, 0.2) is 53.6 Å². The number of nitrogens with zero attached hydrogens (tertiary/aromatic N) is 1. The minimum Gasteiger partial charge on any atom is -0.478 e. The van der Waals surface area contributed by atoms with Crippen molar-refractivity contribution in [2.24, 2.45) is 0 Å². The van der Waals surface area contributed by atoms with Crippen LogP contribution in [0.4, 0.5) is 5.82 Å². The van der Waals surface area contributed by atoms with Gasteiger partial charge in [0.2, 0.25) is 0 Å². The Bertz CT molecular complexity index is 1030. The molecule has 0 saturated carbocycles. The monoisotopic (exact) mass is 339 g/mol. The molecule has 8 nitrogen and oxygen atoms in total. The van der Waals surface area contributed by atoms with Gasteiger partial charge in [-0.05, 0) is 29.8 Å². The van der Waals surface area contributed by atoms with E-state index in [-0.39, 0.29) is 11.1 Å². The van der Waals surface area contributed by atoms with Crippen LogP contribution in [0.1, 0.15) is 20.7 Å². The van der Waals surface area contributed by atoms with Crippen molar-refractivity contribution in [3.05, 3.63) is 70.3 Å². The van der Waals surface area contributed by atoms with E-state index in [1.165, 1.54) is 6.07 Å². The fourth-order valence-corrected chi connectivity index (χ4v) is 2.66. The largest absolute Gasteiger partial charge is 0.478 e. The van der Waals surface area contributed by atoms with Crippen molar-refractivity contribution in [2.45, 2.75) is 0 Å². The van der Waals surface area contributed by atoms with Crippen LogP contribution in [0.2, 0.25) is 0 Å². The summed E-state index contributed by atoms with van der Waals surface area (Å²) in [6, 6.07) is 10.1. The Kier molecular flexibility index (Phi) is 3.86. The van der Waals surface area contributed by atoms with Crippen LogP contribution in [-0.4, -0.2) is 31.7 Å². The standard InChI is InChI=1S/C17H13N3O5/c18-14-12(16(22)23)11(13(17(24)25)15(21)19-14)9-4-3-5-10(8-9)20-6-1-2-7-20/h1-8H,(H,22,23)(H,24,25)(H3,18,19,21). The molecule has 0 radical (unpaired) electrons. The molecule has 0 spiro atoms. The number of anilines is 1. The van der Waals surface area contributed by atoms with Crippen molar-refractivity contribution >= 4 is 17.8 Å². The molecule has 5 N–H and O–H groups in total. The number of carboxylic acid groups (broad SMARTS) is 2. The lowest BCUT2D eigenvalue weighted by molar-refractivity contribution is 0.0695. The van der Waals surface area contributed by atoms with Crippen molar-refractivity contribution in [1.29, 1.82) is 0 Å². The average molecular weight is 339 g/mol. The number of aromatic carboxylic acids is 2. The number of nitrogens with one attached hydrogen (secondary N) is 1. The van der Waals surface area contributed by atoms with Crippen molar-refractivity contribution in [1.82, 2.24) is 9.55 Å². The third kappa shape index (κ3) is 2.76. The number of nitrogen functional groups attached to an aromatic ring is 1. The van der Waals surface area contributed by atoms with Crippen LogP contribution in [-0.2, 0) is 0 Å². The number of H-pyrrole nitrogens is 1. The van der Waals surface area contributed by atoms with E-state index in [0.717, 1.165) is 0 Å². The summed E-state index contributed by atoms with van der Waals surface area (Å²) in [6.07, 6.45) is 3.56. The highest BCUT2D eigenvalue weighted by Crippen LogP contribution is 2.30. The Balaban J connectivity index is 2.37. The first-order valence-electron chi connectivity index (χ1n) is 7.16. The zero-order valence-corrected chi connectivity index (χ0v) is 12.8. The highest BCUT2D eigenvalue weighted by Gasteiger charge is 2.26. The highest BCUT2D eigenvalue weighted by atomic mass is 16.4. The number of aromatic nitrogens is 2. The number of hydrogen-bond acceptors (Lipinski definition) is 4. The maximum Gasteiger partial charge on any atom is 0.342 e. The summed E-state index contributed by atoms with van der Waals surface area (Å²) >= 11 is 0. The normalized spacial score (nSPS) is 10.6. The molecule has 126 valence electrons. The first kappa shape index (κ1) is 16.1. The third-order valence-electron chi connectivity index (χ3n) is 3.71. The number of carboxylic acids is 2. The predicted molar refractivity (Wildman–Crippen MR) is 90.2 cm³/mol. The molecule has 2 aromatic heterocycles. The number of rotatable bonds is 4. The van der Waals surface area contributed by atoms with Gasteiger partial charge in [-0.1, -0.05) is 12.1 Å². The lowest BCUT2D eigenvalue weighted by Crippen LogP contribution is -2.24. The molecule has 0 bridgehead atoms. The first-order valence-corrected chi connectivity index (χ1v) is 7.16. The molecule has 0 aliphatic heterocycles. The van der Waals surface area contributed by atoms with Crippen molar-refractivity contribution < 1.29 is 19.8 Å². The van der Waals surface area contributed by atoms with Gasteiger partial charge in [-0.25, -0.2) is 9.59 Å². The van der Waals surface area contributed by atoms with E-state index in [9.17, 15) is 24.6 Å². The summed E-state index contributed by atoms with van der Waals surface area (Å²) in [7, 11) is 0. The molecule has 0 unspecified atom stereocenters. The molecule has 3 aromatic rings. The van der Waals surface area contributed by atoms with Gasteiger partial charge in [0.1, 0.15) is 16.9 Å². The maximum absolute atomic E-state index is 12.0. The van der Waals surface area contributed by atoms with E-state index < -0.39 is 34.4 Å². The van der Waals surface area contributed by atoms with Crippen LogP contribution in [0.3, 0.4) is 0 Å². The molecule has 0 aliphatic carbocycles. The Morgan fingerprint density at radius 3 is 2.24 bits per heavy atom. The molecule has 0 amide bonds. The van der Waals surface area contributed by atoms with Crippen molar-refractivity contribution in [3.8, 4) is 16.8 Å². The molecular formula is C17H13N3O5. The van der Waals surface area contributed by atoms with Gasteiger partial charge in [0.15, 0.2) is 0 Å². The zero-order valence-electron chi connectivity index (χ0n) is 12.8. The number of nitrogens with two attached hydrogens (primary N) is 1. The summed E-state index contributed by atoms with van der Waals surface area (Å²) in [5.74, 6) is -3.37. The van der Waals surface area contributed by atoms with Gasteiger partial charge < -0.3 is 25.5 Å². The van der Waals surface area contributed by atoms with Crippen LogP contribution in [0, 0.1) is 0 Å². The number of carbonyl (C=O) groups is 2. The van der Waals surface area contributed by atoms with E-state index in [2.05, 4.69) is 4.98 Å². The Labute approximate surface area is 140 Å². The minimum absolute atomic E-state index is 0.227. The number of benzene rings is 1. The third-order valence-corrected chi connectivity index (χ3v) is 3.71. The molecular weight excluding hydrogens is 326 g/mol. The quantitative estimate of drug-likeness (QED) is 0.572. The topological polar surface area (TPSA) is 138 Å². The molecule has 2 heterocycles. The lowest BCUT2D eigenvalue weighted by Gasteiger charge is -2.13. The van der Waals surface area contributed by atoms with Crippen molar-refractivity contribution in [3.63, 3.8) is 0 Å². The predicted octanol–water partition coefficient (Wildman–Crippen LogP) is 1.81. The van der Waals surface area contributed by atoms with Gasteiger partial charge in [-0.2, -0.15) is 0 Å². The van der Waals surface area contributed by atoms with E-state index in [1.54, 1.807) is 35.2 Å².